The largest absolute Gasteiger partial charge is 0.390 e. The van der Waals surface area contributed by atoms with Crippen molar-refractivity contribution in [3.63, 3.8) is 0 Å². The van der Waals surface area contributed by atoms with Crippen molar-refractivity contribution in [1.29, 1.82) is 0 Å². The van der Waals surface area contributed by atoms with Crippen molar-refractivity contribution in [1.82, 2.24) is 10.4 Å². The van der Waals surface area contributed by atoms with Crippen molar-refractivity contribution in [2.45, 2.75) is 6.04 Å². The molecule has 0 saturated carbocycles. The number of hydrogen-bond donors (Lipinski definition) is 5. The van der Waals surface area contributed by atoms with Crippen LogP contribution in [0.4, 0.5) is 0 Å². The summed E-state index contributed by atoms with van der Waals surface area (Å²) in [5, 5.41) is 4.57. The lowest BCUT2D eigenvalue weighted by Gasteiger charge is -2.32. The first-order valence-corrected chi connectivity index (χ1v) is 4.82. The van der Waals surface area contributed by atoms with Gasteiger partial charge in [0.2, 0.25) is 0 Å². The first-order valence-electron chi connectivity index (χ1n) is 4.41. The molecule has 2 rings (SSSR count). The SMILES string of the molecule is NC(=S)C1=C(N)N(N)C(=O)C2C(N)=NNC12. The predicted octanol–water partition coefficient (Wildman–Crippen LogP) is -2.98. The molecule has 86 valence electrons. The Kier molecular flexibility index (Phi) is 2.21. The number of carbonyl (C=O) groups is 1. The molecule has 0 bridgehead atoms. The van der Waals surface area contributed by atoms with Gasteiger partial charge in [-0.2, -0.15) is 5.10 Å². The quantitative estimate of drug-likeness (QED) is 0.187. The molecule has 2 aliphatic heterocycles. The number of nitrogens with two attached hydrogens (primary N) is 4. The van der Waals surface area contributed by atoms with E-state index in [0.29, 0.717) is 5.57 Å². The average Bonchev–Trinajstić information content (AvgIpc) is 2.57. The van der Waals surface area contributed by atoms with E-state index in [4.69, 9.17) is 35.3 Å². The molecule has 0 radical (unpaired) electrons. The van der Waals surface area contributed by atoms with Crippen molar-refractivity contribution >= 4 is 28.9 Å². The van der Waals surface area contributed by atoms with Crippen LogP contribution in [-0.2, 0) is 4.79 Å². The fourth-order valence-electron chi connectivity index (χ4n) is 1.80. The fourth-order valence-corrected chi connectivity index (χ4v) is 2.03. The summed E-state index contributed by atoms with van der Waals surface area (Å²) in [6.45, 7) is 0. The van der Waals surface area contributed by atoms with Gasteiger partial charge in [-0.3, -0.25) is 10.2 Å². The summed E-state index contributed by atoms with van der Waals surface area (Å²) in [6.07, 6.45) is 0. The number of amides is 1. The van der Waals surface area contributed by atoms with E-state index in [1.165, 1.54) is 0 Å². The highest BCUT2D eigenvalue weighted by molar-refractivity contribution is 7.80. The van der Waals surface area contributed by atoms with Crippen LogP contribution in [0.25, 0.3) is 0 Å². The van der Waals surface area contributed by atoms with E-state index in [-0.39, 0.29) is 16.6 Å². The molecular formula is C7H11N7OS. The van der Waals surface area contributed by atoms with Gasteiger partial charge in [-0.15, -0.1) is 0 Å². The van der Waals surface area contributed by atoms with Crippen LogP contribution in [0, 0.1) is 5.92 Å². The molecule has 9 heteroatoms. The van der Waals surface area contributed by atoms with Crippen molar-refractivity contribution in [2.75, 3.05) is 0 Å². The zero-order valence-corrected chi connectivity index (χ0v) is 8.99. The number of nitrogens with one attached hydrogen (secondary N) is 1. The monoisotopic (exact) mass is 241 g/mol. The number of nitrogens with zero attached hydrogens (tertiary/aromatic N) is 2. The molecule has 0 spiro atoms. The Hall–Kier alpha value is -1.87. The van der Waals surface area contributed by atoms with E-state index in [0.717, 1.165) is 5.01 Å². The lowest BCUT2D eigenvalue weighted by Crippen LogP contribution is -2.57. The molecule has 2 heterocycles. The Labute approximate surface area is 96.3 Å². The van der Waals surface area contributed by atoms with Gasteiger partial charge in [0.05, 0.1) is 11.6 Å². The van der Waals surface area contributed by atoms with E-state index in [1.54, 1.807) is 0 Å². The number of hydrazone groups is 1. The Morgan fingerprint density at radius 1 is 1.50 bits per heavy atom. The summed E-state index contributed by atoms with van der Waals surface area (Å²) in [4.78, 5) is 11.9. The van der Waals surface area contributed by atoms with Crippen molar-refractivity contribution < 1.29 is 4.79 Å². The molecule has 2 unspecified atom stereocenters. The van der Waals surface area contributed by atoms with Crippen LogP contribution >= 0.6 is 12.2 Å². The van der Waals surface area contributed by atoms with Gasteiger partial charge in [0.15, 0.2) is 0 Å². The molecule has 8 nitrogen and oxygen atoms in total. The Morgan fingerprint density at radius 3 is 2.69 bits per heavy atom. The standard InChI is InChI=1S/C7H11N7OS/c8-4-1-3(12-13-4)2(6(10)16)5(9)14(11)7(1)15/h1,3,12H,9,11H2,(H2,8,13)(H2,10,16). The second-order valence-electron chi connectivity index (χ2n) is 3.49. The minimum atomic E-state index is -0.700. The highest BCUT2D eigenvalue weighted by Gasteiger charge is 2.46. The molecule has 1 amide bonds. The topological polar surface area (TPSA) is 149 Å². The number of amidine groups is 1. The summed E-state index contributed by atoms with van der Waals surface area (Å²) in [7, 11) is 0. The van der Waals surface area contributed by atoms with Crippen LogP contribution in [0.1, 0.15) is 0 Å². The molecule has 16 heavy (non-hydrogen) atoms. The maximum atomic E-state index is 11.8. The third kappa shape index (κ3) is 1.22. The summed E-state index contributed by atoms with van der Waals surface area (Å²) < 4.78 is 0. The smallest absolute Gasteiger partial charge is 0.255 e. The van der Waals surface area contributed by atoms with E-state index in [1.807, 2.05) is 0 Å². The molecule has 9 N–H and O–H groups in total. The van der Waals surface area contributed by atoms with Crippen molar-refractivity contribution in [3.05, 3.63) is 11.4 Å². The molecule has 0 aromatic carbocycles. The van der Waals surface area contributed by atoms with Gasteiger partial charge >= 0.3 is 0 Å². The highest BCUT2D eigenvalue weighted by atomic mass is 32.1. The highest BCUT2D eigenvalue weighted by Crippen LogP contribution is 2.27. The zero-order chi connectivity index (χ0) is 12.0. The molecule has 2 aliphatic rings. The number of rotatable bonds is 1. The maximum absolute atomic E-state index is 11.8. The minimum absolute atomic E-state index is 0.0242. The summed E-state index contributed by atoms with van der Waals surface area (Å²) in [5.74, 6) is 4.55. The van der Waals surface area contributed by atoms with Gasteiger partial charge < -0.3 is 17.2 Å². The summed E-state index contributed by atoms with van der Waals surface area (Å²) in [6, 6.07) is -0.523. The van der Waals surface area contributed by atoms with Crippen LogP contribution in [0.5, 0.6) is 0 Å². The van der Waals surface area contributed by atoms with Gasteiger partial charge in [-0.1, -0.05) is 12.2 Å². The van der Waals surface area contributed by atoms with Crippen LogP contribution in [-0.4, -0.2) is 27.8 Å². The van der Waals surface area contributed by atoms with Gasteiger partial charge in [0, 0.05) is 0 Å². The van der Waals surface area contributed by atoms with Crippen LogP contribution in [0.3, 0.4) is 0 Å². The number of carbonyl (C=O) groups excluding carboxylic acids is 1. The van der Waals surface area contributed by atoms with Gasteiger partial charge in [-0.05, 0) is 0 Å². The number of hydrogen-bond acceptors (Lipinski definition) is 7. The van der Waals surface area contributed by atoms with Crippen LogP contribution < -0.4 is 28.5 Å². The van der Waals surface area contributed by atoms with E-state index >= 15 is 0 Å². The summed E-state index contributed by atoms with van der Waals surface area (Å²) >= 11 is 4.86. The van der Waals surface area contributed by atoms with Gasteiger partial charge in [0.1, 0.15) is 22.6 Å². The van der Waals surface area contributed by atoms with Crippen molar-refractivity contribution in [3.8, 4) is 0 Å². The number of fused-ring (bicyclic) bond motifs is 1. The molecule has 0 fully saturated rings. The third-order valence-electron chi connectivity index (χ3n) is 2.60. The Balaban J connectivity index is 2.53. The summed E-state index contributed by atoms with van der Waals surface area (Å²) in [5.41, 5.74) is 19.9. The number of hydrazine groups is 1. The normalized spacial score (nSPS) is 28.7. The average molecular weight is 241 g/mol. The second-order valence-corrected chi connectivity index (χ2v) is 3.93. The molecule has 0 saturated heterocycles. The van der Waals surface area contributed by atoms with E-state index < -0.39 is 17.9 Å². The first-order chi connectivity index (χ1) is 7.45. The van der Waals surface area contributed by atoms with Gasteiger partial charge in [-0.25, -0.2) is 10.9 Å². The molecular weight excluding hydrogens is 230 g/mol. The third-order valence-corrected chi connectivity index (χ3v) is 2.82. The maximum Gasteiger partial charge on any atom is 0.255 e. The molecule has 2 atom stereocenters. The first kappa shape index (κ1) is 10.6. The Morgan fingerprint density at radius 2 is 2.12 bits per heavy atom. The van der Waals surface area contributed by atoms with Gasteiger partial charge in [0.25, 0.3) is 5.91 Å². The lowest BCUT2D eigenvalue weighted by molar-refractivity contribution is -0.132. The fraction of sp³-hybridized carbons (Fsp3) is 0.286. The van der Waals surface area contributed by atoms with Crippen LogP contribution in [0.15, 0.2) is 16.5 Å². The lowest BCUT2D eigenvalue weighted by atomic mass is 9.89. The zero-order valence-electron chi connectivity index (χ0n) is 8.18. The Bertz CT molecular complexity index is 442. The molecule has 0 aromatic rings. The second kappa shape index (κ2) is 3.32. The van der Waals surface area contributed by atoms with E-state index in [2.05, 4.69) is 10.5 Å². The minimum Gasteiger partial charge on any atom is -0.390 e. The van der Waals surface area contributed by atoms with Crippen molar-refractivity contribution in [2.24, 2.45) is 34.1 Å². The van der Waals surface area contributed by atoms with E-state index in [9.17, 15) is 4.79 Å². The molecule has 0 aromatic heterocycles. The predicted molar refractivity (Wildman–Crippen MR) is 61.1 cm³/mol. The van der Waals surface area contributed by atoms with Crippen LogP contribution in [0.2, 0.25) is 0 Å². The number of thiocarbonyl (C=S) groups is 1. The molecule has 0 aliphatic carbocycles.